The van der Waals surface area contributed by atoms with Crippen molar-refractivity contribution in [2.75, 3.05) is 18.8 Å². The molecule has 12 N–H and O–H groups in total. The van der Waals surface area contributed by atoms with Crippen molar-refractivity contribution < 1.29 is 62.3 Å². The smallest absolute Gasteiger partial charge is 0.275 e. The Balaban J connectivity index is 0.826. The summed E-state index contributed by atoms with van der Waals surface area (Å²) in [7, 11) is 0. The first-order valence-corrected chi connectivity index (χ1v) is 37.1. The zero-order valence-corrected chi connectivity index (χ0v) is 60.0. The molecule has 10 heterocycles. The number of fused-ring (bicyclic) bond motifs is 15. The van der Waals surface area contributed by atoms with Crippen LogP contribution in [0.3, 0.4) is 0 Å². The molecule has 7 atom stereocenters. The SMILES string of the molecule is C=C(NC(=O)C(=C)NC(=O)[C@H]1CCCN1C(=O)[C@H](C)NC(=O)C(=C)NC(=O)c1csc(-c2ccc3c(n2)-c2csc(n2)-c2csc(n2)[C@@H]2CCCN2C(=O)[C@H](Cc2ccc(O)cc2)NC(=O)[C@@H]2CSC(=N2)[C@H](Cc2ccccc2)NC(=O)c2csc(n2)[C@H](CC(N)=O)NC(=O)c2nc-3oc2C)n1)C(N)=O. The molecule has 0 aliphatic carbocycles. The van der Waals surface area contributed by atoms with Gasteiger partial charge in [0.05, 0.1) is 57.9 Å². The fourth-order valence-electron chi connectivity index (χ4n) is 11.9. The molecule has 0 radical (unpaired) electrons. The Hall–Kier alpha value is -11.5. The van der Waals surface area contributed by atoms with Crippen molar-refractivity contribution in [2.24, 2.45) is 16.5 Å². The Morgan fingerprint density at radius 3 is 2.10 bits per heavy atom. The van der Waals surface area contributed by atoms with Gasteiger partial charge in [0.1, 0.15) is 84.2 Å². The highest BCUT2D eigenvalue weighted by Gasteiger charge is 2.41. The Kier molecular flexibility index (Phi) is 22.1. The van der Waals surface area contributed by atoms with Crippen LogP contribution in [0.5, 0.6) is 5.75 Å². The summed E-state index contributed by atoms with van der Waals surface area (Å²) in [4.78, 5) is 186. The predicted octanol–water partition coefficient (Wildman–Crippen LogP) is 4.67. The number of phenols is 1. The predicted molar refractivity (Wildman–Crippen MR) is 389 cm³/mol. The summed E-state index contributed by atoms with van der Waals surface area (Å²) in [6.45, 7) is 13.9. The average Bonchev–Trinajstić information content (AvgIpc) is 1.60. The van der Waals surface area contributed by atoms with E-state index in [0.717, 1.165) is 28.2 Å². The number of nitrogens with one attached hydrogen (secondary N) is 7. The molecular formula is C69H66N18O13S5. The average molecular weight is 1520 g/mol. The number of carbonyl (C=O) groups is 11. The van der Waals surface area contributed by atoms with Gasteiger partial charge in [-0.25, -0.2) is 29.9 Å². The van der Waals surface area contributed by atoms with Crippen molar-refractivity contribution in [3.63, 3.8) is 0 Å². The van der Waals surface area contributed by atoms with Gasteiger partial charge in [-0.05, 0) is 81.3 Å². The number of rotatable bonds is 17. The summed E-state index contributed by atoms with van der Waals surface area (Å²) in [6.07, 6.45) is 1.74. The highest BCUT2D eigenvalue weighted by molar-refractivity contribution is 8.14. The van der Waals surface area contributed by atoms with E-state index in [1.54, 1.807) is 34.5 Å². The molecule has 4 aliphatic rings. The maximum absolute atomic E-state index is 15.1. The van der Waals surface area contributed by atoms with Gasteiger partial charge in [0.25, 0.3) is 35.4 Å². The number of aliphatic imine (C=N–C) groups is 1. The molecule has 8 aromatic rings. The van der Waals surface area contributed by atoms with Gasteiger partial charge < -0.3 is 68.0 Å². The fourth-order valence-corrected chi connectivity index (χ4v) is 16.4. The van der Waals surface area contributed by atoms with Gasteiger partial charge in [0.2, 0.25) is 35.4 Å². The summed E-state index contributed by atoms with van der Waals surface area (Å²) in [5.74, 6) is -8.00. The van der Waals surface area contributed by atoms with E-state index in [4.69, 9.17) is 35.8 Å². The number of amides is 11. The molecule has 12 rings (SSSR count). The van der Waals surface area contributed by atoms with E-state index in [-0.39, 0.29) is 98.9 Å². The number of aromatic nitrogens is 6. The second-order valence-corrected chi connectivity index (χ2v) is 29.2. The number of primary amides is 2. The van der Waals surface area contributed by atoms with Crippen LogP contribution in [0.2, 0.25) is 0 Å². The van der Waals surface area contributed by atoms with Crippen molar-refractivity contribution >= 4 is 127 Å². The lowest BCUT2D eigenvalue weighted by atomic mass is 10.0. The first-order valence-electron chi connectivity index (χ1n) is 32.6. The van der Waals surface area contributed by atoms with Crippen molar-refractivity contribution in [2.45, 2.75) is 101 Å². The number of nitrogens with zero attached hydrogens (tertiary/aromatic N) is 9. The number of phenolic OH excluding ortho intramolecular Hbond substituents is 1. The summed E-state index contributed by atoms with van der Waals surface area (Å²) >= 11 is 5.90. The van der Waals surface area contributed by atoms with E-state index in [2.05, 4.69) is 71.9 Å². The van der Waals surface area contributed by atoms with Gasteiger partial charge in [-0.3, -0.25) is 57.7 Å². The Morgan fingerprint density at radius 1 is 0.667 bits per heavy atom. The largest absolute Gasteiger partial charge is 0.508 e. The number of hydrogen-bond acceptors (Lipinski definition) is 25. The minimum atomic E-state index is -1.24. The third-order valence-corrected chi connectivity index (χ3v) is 22.0. The highest BCUT2D eigenvalue weighted by atomic mass is 32.2. The molecule has 2 saturated heterocycles. The van der Waals surface area contributed by atoms with Crippen LogP contribution in [0.25, 0.3) is 44.2 Å². The van der Waals surface area contributed by atoms with Crippen molar-refractivity contribution in [1.82, 2.24) is 76.9 Å². The van der Waals surface area contributed by atoms with Crippen LogP contribution in [0.15, 0.2) is 134 Å². The number of oxazole rings is 1. The van der Waals surface area contributed by atoms with Gasteiger partial charge in [-0.15, -0.1) is 57.1 Å². The number of benzene rings is 2. The molecule has 6 aromatic heterocycles. The standard InChI is InChI=1S/C69H66N18O13S5/c1-31(54(71)90)72-55(91)33(3)74-60(96)49-13-9-21-86(49)68(98)34(4)75-56(92)32(2)73-57(93)45-27-102-63(81-45)40-20-19-39-53(76-40)44-26-101-66(80-44)48-30-105-67(84-48)50-14-10-22-87(50)69(99)43(24-37-15-17-38(88)18-16-37)79-59(95)47-29-103-64(82-47)41(23-36-11-7-6-8-12-36)77-58(94)46-28-104-65(83-46)42(25-51(70)89)78-61(97)52-35(5)100-62(39)85-52/h6-8,11-12,15-20,26-28,30,34,41-43,47,49-50,88H,1-3,9-10,13-14,21-25,29H2,4-5H3,(H2,70,89)(H2,71,90)(H,72,91)(H,73,93)(H,74,96)(H,75,92)(H,77,94)(H,78,97)(H,79,95)/t34-,41-,42-,43-,47-,49+,50-/m0/s1. The van der Waals surface area contributed by atoms with Crippen LogP contribution >= 0.6 is 57.1 Å². The number of thioether (sulfide) groups is 1. The molecule has 10 bridgehead atoms. The number of thiazole rings is 4. The van der Waals surface area contributed by atoms with Crippen molar-refractivity contribution in [1.29, 1.82) is 0 Å². The second-order valence-electron chi connectivity index (χ2n) is 24.6. The van der Waals surface area contributed by atoms with Crippen LogP contribution in [0.1, 0.15) is 109 Å². The lowest BCUT2D eigenvalue weighted by Gasteiger charge is -2.29. The fraction of sp³-hybridized carbons (Fsp3) is 0.275. The molecule has 540 valence electrons. The molecule has 2 fully saturated rings. The monoisotopic (exact) mass is 1510 g/mol. The number of hydrogen-bond donors (Lipinski definition) is 10. The zero-order chi connectivity index (χ0) is 74.5. The molecule has 36 heteroatoms. The maximum Gasteiger partial charge on any atom is 0.275 e. The van der Waals surface area contributed by atoms with Crippen LogP contribution in [0.4, 0.5) is 0 Å². The number of pyridine rings is 1. The van der Waals surface area contributed by atoms with Gasteiger partial charge in [-0.2, -0.15) is 0 Å². The third kappa shape index (κ3) is 16.8. The second kappa shape index (κ2) is 31.6. The Labute approximate surface area is 618 Å². The van der Waals surface area contributed by atoms with Gasteiger partial charge in [-0.1, -0.05) is 62.2 Å². The van der Waals surface area contributed by atoms with E-state index in [1.165, 1.54) is 76.1 Å². The van der Waals surface area contributed by atoms with Gasteiger partial charge in [0, 0.05) is 46.8 Å². The Morgan fingerprint density at radius 2 is 1.34 bits per heavy atom. The van der Waals surface area contributed by atoms with E-state index < -0.39 is 125 Å². The molecule has 105 heavy (non-hydrogen) atoms. The van der Waals surface area contributed by atoms with Crippen LogP contribution in [-0.2, 0) is 51.2 Å². The van der Waals surface area contributed by atoms with E-state index in [1.807, 2.05) is 35.7 Å². The number of carbonyl (C=O) groups excluding carboxylic acids is 11. The van der Waals surface area contributed by atoms with Gasteiger partial charge in [0.15, 0.2) is 5.69 Å². The number of nitrogens with two attached hydrogens (primary N) is 2. The van der Waals surface area contributed by atoms with E-state index in [9.17, 15) is 53.1 Å². The van der Waals surface area contributed by atoms with Crippen molar-refractivity contribution in [3.8, 4) is 50.0 Å². The molecule has 2 aromatic carbocycles. The Bertz CT molecular complexity index is 4890. The highest BCUT2D eigenvalue weighted by Crippen LogP contribution is 2.40. The molecule has 0 spiro atoms. The molecular weight excluding hydrogens is 1450 g/mol. The zero-order valence-electron chi connectivity index (χ0n) is 56.0. The lowest BCUT2D eigenvalue weighted by molar-refractivity contribution is -0.140. The molecule has 0 unspecified atom stereocenters. The topological polar surface area (TPSA) is 454 Å². The first kappa shape index (κ1) is 73.3. The number of likely N-dealkylation sites (tertiary alicyclic amines) is 1. The summed E-state index contributed by atoms with van der Waals surface area (Å²) in [6, 6.07) is 12.2. The minimum Gasteiger partial charge on any atom is -0.508 e. The minimum absolute atomic E-state index is 0.0266. The number of aryl methyl sites for hydroxylation is 1. The van der Waals surface area contributed by atoms with E-state index >= 15 is 4.79 Å². The molecule has 0 saturated carbocycles. The van der Waals surface area contributed by atoms with Crippen LogP contribution in [-0.4, -0.2) is 164 Å². The summed E-state index contributed by atoms with van der Waals surface area (Å²) < 4.78 is 6.26. The number of aromatic hydroxyl groups is 1. The van der Waals surface area contributed by atoms with E-state index in [0.29, 0.717) is 57.8 Å². The molecule has 11 amide bonds. The quantitative estimate of drug-likeness (QED) is 0.0554. The third-order valence-electron chi connectivity index (χ3n) is 17.2. The van der Waals surface area contributed by atoms with Gasteiger partial charge >= 0.3 is 0 Å². The van der Waals surface area contributed by atoms with Crippen molar-refractivity contribution in [3.05, 3.63) is 169 Å². The normalized spacial score (nSPS) is 19.2. The molecule has 4 aliphatic heterocycles. The van der Waals surface area contributed by atoms with Crippen LogP contribution < -0.4 is 48.7 Å². The summed E-state index contributed by atoms with van der Waals surface area (Å²) in [5.41, 5.74) is 12.1. The summed E-state index contributed by atoms with van der Waals surface area (Å²) in [5, 5.41) is 36.8. The molecule has 31 nitrogen and oxygen atoms in total. The lowest BCUT2D eigenvalue weighted by Crippen LogP contribution is -2.53. The van der Waals surface area contributed by atoms with Crippen LogP contribution in [0, 0.1) is 6.92 Å². The maximum atomic E-state index is 15.1. The first-order chi connectivity index (χ1) is 50.3.